The molecule has 2 aliphatic rings. The lowest BCUT2D eigenvalue weighted by atomic mass is 9.78. The van der Waals surface area contributed by atoms with Crippen LogP contribution in [0.2, 0.25) is 0 Å². The maximum Gasteiger partial charge on any atom is 0.249 e. The average molecular weight is 497 g/mol. The summed E-state index contributed by atoms with van der Waals surface area (Å²) in [5.41, 5.74) is 10.9. The number of rotatable bonds is 1. The maximum atomic E-state index is 15.7. The van der Waals surface area contributed by atoms with Crippen molar-refractivity contribution in [3.63, 3.8) is 0 Å². The molecule has 4 heterocycles. The largest absolute Gasteiger partial charge is 0.249 e. The Bertz CT molecular complexity index is 1720. The van der Waals surface area contributed by atoms with Gasteiger partial charge in [0, 0.05) is 29.3 Å². The zero-order valence-electron chi connectivity index (χ0n) is 21.4. The average Bonchev–Trinajstić information content (AvgIpc) is 3.01. The first-order valence-corrected chi connectivity index (χ1v) is 13.3. The molecular weight excluding hydrogens is 467 g/mol. The van der Waals surface area contributed by atoms with E-state index in [1.54, 1.807) is 6.07 Å². The fourth-order valence-electron chi connectivity index (χ4n) is 6.65. The first kappa shape index (κ1) is 22.8. The predicted octanol–water partition coefficient (Wildman–Crippen LogP) is 7.47. The normalized spacial score (nSPS) is 17.6. The first-order chi connectivity index (χ1) is 18.6. The van der Waals surface area contributed by atoms with Crippen LogP contribution in [0, 0.1) is 12.7 Å². The van der Waals surface area contributed by atoms with Gasteiger partial charge in [-0.15, -0.1) is 0 Å². The number of benzene rings is 3. The van der Waals surface area contributed by atoms with Gasteiger partial charge in [-0.3, -0.25) is 0 Å². The van der Waals surface area contributed by atoms with E-state index >= 15 is 4.39 Å². The van der Waals surface area contributed by atoms with Crippen LogP contribution in [0.5, 0.6) is 0 Å². The van der Waals surface area contributed by atoms with E-state index in [2.05, 4.69) is 107 Å². The number of aromatic nitrogens is 2. The Morgan fingerprint density at radius 3 is 2.42 bits per heavy atom. The number of halogens is 1. The number of pyridine rings is 2. The third-order valence-corrected chi connectivity index (χ3v) is 8.35. The van der Waals surface area contributed by atoms with Crippen molar-refractivity contribution in [2.45, 2.75) is 31.7 Å². The highest BCUT2D eigenvalue weighted by Crippen LogP contribution is 2.46. The quantitative estimate of drug-likeness (QED) is 0.213. The first-order valence-electron chi connectivity index (χ1n) is 13.3. The molecule has 0 bridgehead atoms. The van der Waals surface area contributed by atoms with Gasteiger partial charge in [-0.05, 0) is 67.3 Å². The zero-order valence-corrected chi connectivity index (χ0v) is 21.4. The van der Waals surface area contributed by atoms with E-state index in [1.165, 1.54) is 16.8 Å². The van der Waals surface area contributed by atoms with Gasteiger partial charge < -0.3 is 0 Å². The molecule has 0 fully saturated rings. The van der Waals surface area contributed by atoms with Crippen molar-refractivity contribution < 1.29 is 13.5 Å². The van der Waals surface area contributed by atoms with E-state index in [0.717, 1.165) is 45.6 Å². The molecule has 2 unspecified atom stereocenters. The van der Waals surface area contributed by atoms with Crippen LogP contribution < -0.4 is 9.13 Å². The summed E-state index contributed by atoms with van der Waals surface area (Å²) in [4.78, 5) is 0. The predicted molar refractivity (Wildman–Crippen MR) is 150 cm³/mol. The monoisotopic (exact) mass is 496 g/mol. The Labute approximate surface area is 223 Å². The Kier molecular flexibility index (Phi) is 5.33. The standard InChI is InChI=1S/C35H29FN2/c1-23-20-22-37-24(2)34-30(26-13-6-7-14-28(26)32-17-8-9-21-38(32)34)19-18-27-29(15-10-16-31(27)36)35(37)33(23)25-11-4-3-5-12-25/h3-17,20-22,30,34H,2,18-19H2,1H3/q+2. The number of nitrogens with zero attached hydrogens (tertiary/aromatic N) is 2. The summed E-state index contributed by atoms with van der Waals surface area (Å²) < 4.78 is 20.3. The molecule has 3 heteroatoms. The third kappa shape index (κ3) is 3.39. The van der Waals surface area contributed by atoms with Crippen LogP contribution in [0.25, 0.3) is 39.3 Å². The van der Waals surface area contributed by atoms with E-state index in [0.29, 0.717) is 6.42 Å². The lowest BCUT2D eigenvalue weighted by Gasteiger charge is -2.29. The molecule has 0 radical (unpaired) electrons. The Morgan fingerprint density at radius 2 is 1.55 bits per heavy atom. The van der Waals surface area contributed by atoms with Crippen LogP contribution in [0.1, 0.15) is 35.1 Å². The summed E-state index contributed by atoms with van der Waals surface area (Å²) in [5.74, 6) is 0.0155. The molecule has 0 aliphatic carbocycles. The molecule has 2 aliphatic heterocycles. The van der Waals surface area contributed by atoms with Gasteiger partial charge in [0.1, 0.15) is 5.82 Å². The summed E-state index contributed by atoms with van der Waals surface area (Å²) in [6.07, 6.45) is 5.77. The minimum Gasteiger partial charge on any atom is -0.207 e. The topological polar surface area (TPSA) is 7.76 Å². The molecule has 3 aromatic carbocycles. The van der Waals surface area contributed by atoms with Crippen LogP contribution in [0.15, 0.2) is 116 Å². The zero-order chi connectivity index (χ0) is 25.8. The molecule has 0 amide bonds. The van der Waals surface area contributed by atoms with Crippen LogP contribution in [0.3, 0.4) is 0 Å². The smallest absolute Gasteiger partial charge is 0.207 e. The number of hydrogen-bond donors (Lipinski definition) is 0. The molecule has 0 N–H and O–H groups in total. The number of hydrogen-bond acceptors (Lipinski definition) is 0. The van der Waals surface area contributed by atoms with E-state index in [9.17, 15) is 0 Å². The van der Waals surface area contributed by atoms with E-state index < -0.39 is 0 Å². The fraction of sp³-hybridized carbons (Fsp3) is 0.143. The third-order valence-electron chi connectivity index (χ3n) is 8.35. The van der Waals surface area contributed by atoms with Crippen molar-refractivity contribution in [3.8, 4) is 33.6 Å². The van der Waals surface area contributed by atoms with Gasteiger partial charge in [-0.2, -0.15) is 9.13 Å². The molecule has 184 valence electrons. The minimum atomic E-state index is -0.143. The highest BCUT2D eigenvalue weighted by atomic mass is 19.1. The van der Waals surface area contributed by atoms with E-state index in [-0.39, 0.29) is 17.8 Å². The van der Waals surface area contributed by atoms with Gasteiger partial charge in [0.15, 0.2) is 12.4 Å². The highest BCUT2D eigenvalue weighted by Gasteiger charge is 2.47. The Morgan fingerprint density at radius 1 is 0.789 bits per heavy atom. The van der Waals surface area contributed by atoms with Gasteiger partial charge in [0.05, 0.1) is 17.0 Å². The van der Waals surface area contributed by atoms with Crippen LogP contribution in [-0.2, 0) is 6.42 Å². The summed E-state index contributed by atoms with van der Waals surface area (Å²) in [7, 11) is 0. The summed E-state index contributed by atoms with van der Waals surface area (Å²) >= 11 is 0. The molecule has 2 atom stereocenters. The molecule has 7 rings (SSSR count). The van der Waals surface area contributed by atoms with Crippen LogP contribution in [0.4, 0.5) is 4.39 Å². The molecular formula is C35H29FN2+2. The highest BCUT2D eigenvalue weighted by molar-refractivity contribution is 5.83. The lowest BCUT2D eigenvalue weighted by molar-refractivity contribution is -0.727. The number of allylic oxidation sites excluding steroid dienone is 1. The van der Waals surface area contributed by atoms with Crippen LogP contribution in [-0.4, -0.2) is 0 Å². The molecule has 2 aromatic heterocycles. The second-order valence-electron chi connectivity index (χ2n) is 10.4. The van der Waals surface area contributed by atoms with E-state index in [4.69, 9.17) is 6.58 Å². The lowest BCUT2D eigenvalue weighted by Crippen LogP contribution is -2.53. The molecule has 5 aromatic rings. The van der Waals surface area contributed by atoms with Crippen molar-refractivity contribution in [3.05, 3.63) is 139 Å². The molecule has 0 saturated carbocycles. The second kappa shape index (κ2) is 8.88. The van der Waals surface area contributed by atoms with Gasteiger partial charge in [-0.25, -0.2) is 4.39 Å². The van der Waals surface area contributed by atoms with Crippen molar-refractivity contribution in [1.29, 1.82) is 0 Å². The summed E-state index contributed by atoms with van der Waals surface area (Å²) in [6.45, 7) is 6.90. The summed E-state index contributed by atoms with van der Waals surface area (Å²) in [5, 5.41) is 0. The van der Waals surface area contributed by atoms with Crippen molar-refractivity contribution in [2.75, 3.05) is 0 Å². The molecule has 0 saturated heterocycles. The van der Waals surface area contributed by atoms with Crippen molar-refractivity contribution in [1.82, 2.24) is 0 Å². The molecule has 0 spiro atoms. The SMILES string of the molecule is C=C1C2C(CCc3c(F)cccc3-c3c(-c4ccccc4)c(C)cc[n+]31)c1ccccc1-c1cccc[n+]12. The van der Waals surface area contributed by atoms with Crippen molar-refractivity contribution >= 4 is 5.70 Å². The van der Waals surface area contributed by atoms with Gasteiger partial charge in [0.25, 0.3) is 0 Å². The molecule has 38 heavy (non-hydrogen) atoms. The van der Waals surface area contributed by atoms with Gasteiger partial charge in [0.2, 0.25) is 23.1 Å². The fourth-order valence-corrected chi connectivity index (χ4v) is 6.65. The molecule has 2 nitrogen and oxygen atoms in total. The van der Waals surface area contributed by atoms with Gasteiger partial charge in [-0.1, -0.05) is 54.6 Å². The van der Waals surface area contributed by atoms with Crippen LogP contribution >= 0.6 is 0 Å². The Hall–Kier alpha value is -4.37. The van der Waals surface area contributed by atoms with Gasteiger partial charge >= 0.3 is 0 Å². The summed E-state index contributed by atoms with van der Waals surface area (Å²) in [6, 6.07) is 33.2. The number of fused-ring (bicyclic) bond motifs is 9. The van der Waals surface area contributed by atoms with E-state index in [1.807, 2.05) is 12.1 Å². The second-order valence-corrected chi connectivity index (χ2v) is 10.4. The Balaban J connectivity index is 1.57. The number of aryl methyl sites for hydroxylation is 1. The maximum absolute atomic E-state index is 15.7. The minimum absolute atomic E-state index is 0.00597. The van der Waals surface area contributed by atoms with Crippen molar-refractivity contribution in [2.24, 2.45) is 0 Å².